The van der Waals surface area contributed by atoms with E-state index in [4.69, 9.17) is 11.6 Å². The molecule has 7 heteroatoms. The molecule has 4 aromatic rings. The van der Waals surface area contributed by atoms with Crippen LogP contribution in [0.25, 0.3) is 33.6 Å². The predicted molar refractivity (Wildman–Crippen MR) is 117 cm³/mol. The van der Waals surface area contributed by atoms with Crippen molar-refractivity contribution in [1.29, 1.82) is 0 Å². The molecule has 3 aromatic heterocycles. The van der Waals surface area contributed by atoms with E-state index in [1.165, 1.54) is 0 Å². The van der Waals surface area contributed by atoms with E-state index in [1.54, 1.807) is 12.5 Å². The van der Waals surface area contributed by atoms with Gasteiger partial charge in [0.25, 0.3) is 0 Å². The van der Waals surface area contributed by atoms with Crippen molar-refractivity contribution in [1.82, 2.24) is 24.7 Å². The summed E-state index contributed by atoms with van der Waals surface area (Å²) in [5.74, 6) is 0. The molecular weight excluding hydrogens is 398 g/mol. The SMILES string of the molecule is Cc1c(-c2[nH]cc(-c3ccccc3Cl)c2-c2ccncn2)cnn1C1CC(C)(O)C1. The van der Waals surface area contributed by atoms with Gasteiger partial charge < -0.3 is 10.1 Å². The molecular formula is C23H22ClN5O. The molecule has 0 atom stereocenters. The summed E-state index contributed by atoms with van der Waals surface area (Å²) in [6, 6.07) is 9.91. The lowest BCUT2D eigenvalue weighted by Crippen LogP contribution is -2.42. The van der Waals surface area contributed by atoms with Crippen molar-refractivity contribution < 1.29 is 5.11 Å². The van der Waals surface area contributed by atoms with Gasteiger partial charge in [-0.3, -0.25) is 4.68 Å². The van der Waals surface area contributed by atoms with Crippen LogP contribution >= 0.6 is 11.6 Å². The first-order valence-electron chi connectivity index (χ1n) is 9.94. The molecule has 0 amide bonds. The number of hydrogen-bond donors (Lipinski definition) is 2. The minimum atomic E-state index is -0.598. The van der Waals surface area contributed by atoms with Crippen LogP contribution < -0.4 is 0 Å². The average molecular weight is 420 g/mol. The minimum Gasteiger partial charge on any atom is -0.390 e. The standard InChI is InChI=1S/C23H22ClN5O/c1-14-17(12-28-29(14)15-9-23(2,30)10-15)22-21(20-7-8-25-13-27-20)18(11-26-22)16-5-3-4-6-19(16)24/h3-8,11-13,15,26,30H,9-10H2,1-2H3. The minimum absolute atomic E-state index is 0.217. The highest BCUT2D eigenvalue weighted by Gasteiger charge is 2.40. The number of H-pyrrole nitrogens is 1. The van der Waals surface area contributed by atoms with Gasteiger partial charge >= 0.3 is 0 Å². The number of rotatable bonds is 4. The van der Waals surface area contributed by atoms with E-state index in [2.05, 4.69) is 27.0 Å². The second-order valence-electron chi connectivity index (χ2n) is 8.17. The molecule has 2 N–H and O–H groups in total. The van der Waals surface area contributed by atoms with Gasteiger partial charge in [-0.15, -0.1) is 0 Å². The lowest BCUT2D eigenvalue weighted by Gasteiger charge is -2.41. The van der Waals surface area contributed by atoms with Crippen molar-refractivity contribution >= 4 is 11.6 Å². The summed E-state index contributed by atoms with van der Waals surface area (Å²) >= 11 is 6.52. The first kappa shape index (κ1) is 19.0. The average Bonchev–Trinajstić information content (AvgIpc) is 3.30. The van der Waals surface area contributed by atoms with Crippen molar-refractivity contribution in [3.05, 3.63) is 66.0 Å². The Morgan fingerprint density at radius 1 is 1.17 bits per heavy atom. The van der Waals surface area contributed by atoms with E-state index < -0.39 is 5.60 Å². The zero-order valence-corrected chi connectivity index (χ0v) is 17.6. The second kappa shape index (κ2) is 7.07. The summed E-state index contributed by atoms with van der Waals surface area (Å²) in [6.45, 7) is 3.94. The molecule has 1 aromatic carbocycles. The summed E-state index contributed by atoms with van der Waals surface area (Å²) in [6.07, 6.45) is 8.57. The molecule has 0 unspecified atom stereocenters. The Hall–Kier alpha value is -2.96. The van der Waals surface area contributed by atoms with E-state index in [0.717, 1.165) is 39.3 Å². The van der Waals surface area contributed by atoms with Gasteiger partial charge in [-0.25, -0.2) is 9.97 Å². The molecule has 1 saturated carbocycles. The van der Waals surface area contributed by atoms with Crippen molar-refractivity contribution in [2.24, 2.45) is 0 Å². The Balaban J connectivity index is 1.66. The molecule has 0 bridgehead atoms. The van der Waals surface area contributed by atoms with E-state index in [0.29, 0.717) is 17.9 Å². The van der Waals surface area contributed by atoms with Crippen LogP contribution in [0.4, 0.5) is 0 Å². The maximum atomic E-state index is 10.1. The Bertz CT molecular complexity index is 1200. The van der Waals surface area contributed by atoms with Crippen LogP contribution in [-0.4, -0.2) is 35.4 Å². The highest BCUT2D eigenvalue weighted by molar-refractivity contribution is 6.33. The van der Waals surface area contributed by atoms with Crippen LogP contribution in [0.15, 0.2) is 55.2 Å². The normalized spacial score (nSPS) is 20.9. The van der Waals surface area contributed by atoms with E-state index in [9.17, 15) is 5.11 Å². The van der Waals surface area contributed by atoms with Gasteiger partial charge in [-0.05, 0) is 38.8 Å². The van der Waals surface area contributed by atoms with E-state index >= 15 is 0 Å². The molecule has 1 aliphatic rings. The van der Waals surface area contributed by atoms with Crippen LogP contribution in [0, 0.1) is 6.92 Å². The number of nitrogens with zero attached hydrogens (tertiary/aromatic N) is 4. The van der Waals surface area contributed by atoms with Gasteiger partial charge in [0.05, 0.1) is 29.2 Å². The lowest BCUT2D eigenvalue weighted by atomic mass is 9.77. The molecule has 30 heavy (non-hydrogen) atoms. The van der Waals surface area contributed by atoms with E-state index in [1.807, 2.05) is 54.3 Å². The van der Waals surface area contributed by atoms with Crippen LogP contribution in [0.2, 0.25) is 5.02 Å². The summed E-state index contributed by atoms with van der Waals surface area (Å²) in [7, 11) is 0. The fourth-order valence-electron chi connectivity index (χ4n) is 4.40. The summed E-state index contributed by atoms with van der Waals surface area (Å²) in [4.78, 5) is 12.0. The van der Waals surface area contributed by atoms with Gasteiger partial charge in [0.1, 0.15) is 6.33 Å². The highest BCUT2D eigenvalue weighted by atomic mass is 35.5. The number of halogens is 1. The predicted octanol–water partition coefficient (Wildman–Crippen LogP) is 5.05. The molecule has 3 heterocycles. The molecule has 0 saturated heterocycles. The highest BCUT2D eigenvalue weighted by Crippen LogP contribution is 2.45. The number of benzene rings is 1. The fourth-order valence-corrected chi connectivity index (χ4v) is 4.64. The first-order chi connectivity index (χ1) is 14.4. The molecule has 0 aliphatic heterocycles. The number of hydrogen-bond acceptors (Lipinski definition) is 4. The Morgan fingerprint density at radius 2 is 1.97 bits per heavy atom. The fraction of sp³-hybridized carbons (Fsp3) is 0.261. The smallest absolute Gasteiger partial charge is 0.116 e. The van der Waals surface area contributed by atoms with Crippen LogP contribution in [0.5, 0.6) is 0 Å². The summed E-state index contributed by atoms with van der Waals surface area (Å²) in [5.41, 5.74) is 6.11. The van der Waals surface area contributed by atoms with Gasteiger partial charge in [-0.2, -0.15) is 5.10 Å². The molecule has 6 nitrogen and oxygen atoms in total. The van der Waals surface area contributed by atoms with Crippen molar-refractivity contribution in [2.75, 3.05) is 0 Å². The maximum absolute atomic E-state index is 10.1. The molecule has 152 valence electrons. The topological polar surface area (TPSA) is 79.6 Å². The third kappa shape index (κ3) is 3.13. The summed E-state index contributed by atoms with van der Waals surface area (Å²) < 4.78 is 2.02. The number of aliphatic hydroxyl groups is 1. The third-order valence-electron chi connectivity index (χ3n) is 5.89. The van der Waals surface area contributed by atoms with Crippen molar-refractivity contribution in [3.8, 4) is 33.6 Å². The zero-order valence-electron chi connectivity index (χ0n) is 16.8. The Morgan fingerprint density at radius 3 is 2.67 bits per heavy atom. The molecule has 1 aliphatic carbocycles. The maximum Gasteiger partial charge on any atom is 0.116 e. The van der Waals surface area contributed by atoms with Crippen molar-refractivity contribution in [2.45, 2.75) is 38.3 Å². The quantitative estimate of drug-likeness (QED) is 0.485. The second-order valence-corrected chi connectivity index (χ2v) is 8.58. The van der Waals surface area contributed by atoms with Gasteiger partial charge in [0.2, 0.25) is 0 Å². The number of aromatic nitrogens is 5. The monoisotopic (exact) mass is 419 g/mol. The van der Waals surface area contributed by atoms with Gasteiger partial charge in [-0.1, -0.05) is 29.8 Å². The molecule has 0 radical (unpaired) electrons. The molecule has 0 spiro atoms. The number of aromatic amines is 1. The largest absolute Gasteiger partial charge is 0.390 e. The molecule has 1 fully saturated rings. The lowest BCUT2D eigenvalue weighted by molar-refractivity contribution is -0.0548. The Labute approximate surface area is 179 Å². The van der Waals surface area contributed by atoms with Crippen molar-refractivity contribution in [3.63, 3.8) is 0 Å². The van der Waals surface area contributed by atoms with E-state index in [-0.39, 0.29) is 6.04 Å². The zero-order chi connectivity index (χ0) is 20.9. The van der Waals surface area contributed by atoms with Crippen LogP contribution in [-0.2, 0) is 0 Å². The third-order valence-corrected chi connectivity index (χ3v) is 6.22. The Kier molecular flexibility index (Phi) is 4.49. The molecule has 5 rings (SSSR count). The number of nitrogens with one attached hydrogen (secondary N) is 1. The summed E-state index contributed by atoms with van der Waals surface area (Å²) in [5, 5.41) is 15.5. The van der Waals surface area contributed by atoms with Gasteiger partial charge in [0, 0.05) is 45.4 Å². The van der Waals surface area contributed by atoms with Crippen LogP contribution in [0.3, 0.4) is 0 Å². The first-order valence-corrected chi connectivity index (χ1v) is 10.3. The van der Waals surface area contributed by atoms with Crippen LogP contribution in [0.1, 0.15) is 31.5 Å². The van der Waals surface area contributed by atoms with Gasteiger partial charge in [0.15, 0.2) is 0 Å².